The third kappa shape index (κ3) is 5.45. The van der Waals surface area contributed by atoms with Crippen LogP contribution in [0.4, 0.5) is 4.39 Å². The molecule has 0 saturated carbocycles. The molecule has 1 aromatic heterocycles. The Labute approximate surface area is 196 Å². The van der Waals surface area contributed by atoms with E-state index in [4.69, 9.17) is 9.47 Å². The number of carbonyl (C=O) groups is 1. The number of amides is 1. The molecule has 1 N–H and O–H groups in total. The van der Waals surface area contributed by atoms with Crippen LogP contribution < -0.4 is 14.8 Å². The van der Waals surface area contributed by atoms with Crippen molar-refractivity contribution in [1.82, 2.24) is 25.0 Å². The summed E-state index contributed by atoms with van der Waals surface area (Å²) >= 11 is 1.27. The van der Waals surface area contributed by atoms with Crippen LogP contribution in [0, 0.1) is 5.82 Å². The molecule has 174 valence electrons. The largest absolute Gasteiger partial charge is 0.486 e. The molecule has 1 aliphatic rings. The molecule has 0 fully saturated rings. The normalized spacial score (nSPS) is 16.0. The smallest absolute Gasteiger partial charge is 0.230 e. The molecule has 0 radical (unpaired) electrons. The Morgan fingerprint density at radius 2 is 1.94 bits per heavy atom. The molecule has 10 heteroatoms. The van der Waals surface area contributed by atoms with Gasteiger partial charge in [0.15, 0.2) is 22.5 Å². The van der Waals surface area contributed by atoms with Crippen molar-refractivity contribution in [2.45, 2.75) is 24.2 Å². The van der Waals surface area contributed by atoms with E-state index in [1.165, 1.54) is 23.9 Å². The number of nitrogens with one attached hydrogen (secondary N) is 1. The van der Waals surface area contributed by atoms with E-state index >= 15 is 0 Å². The van der Waals surface area contributed by atoms with Gasteiger partial charge in [0, 0.05) is 5.69 Å². The number of ether oxygens (including phenoxy) is 2. The third-order valence-electron chi connectivity index (χ3n) is 5.32. The lowest BCUT2D eigenvalue weighted by atomic mass is 10.2. The van der Waals surface area contributed by atoms with Gasteiger partial charge in [0.05, 0.1) is 18.3 Å². The van der Waals surface area contributed by atoms with Crippen molar-refractivity contribution in [1.29, 1.82) is 0 Å². The number of halogens is 1. The molecule has 0 spiro atoms. The van der Waals surface area contributed by atoms with Crippen LogP contribution in [0.25, 0.3) is 5.69 Å². The van der Waals surface area contributed by atoms with Crippen LogP contribution in [0.5, 0.6) is 11.5 Å². The van der Waals surface area contributed by atoms with Crippen molar-refractivity contribution in [3.8, 4) is 17.2 Å². The van der Waals surface area contributed by atoms with Crippen molar-refractivity contribution in [3.05, 3.63) is 60.2 Å². The highest BCUT2D eigenvalue weighted by Gasteiger charge is 2.23. The number of thioether (sulfide) groups is 1. The van der Waals surface area contributed by atoms with Crippen molar-refractivity contribution in [2.24, 2.45) is 0 Å². The topological polar surface area (TPSA) is 81.5 Å². The zero-order valence-electron chi connectivity index (χ0n) is 18.7. The van der Waals surface area contributed by atoms with Gasteiger partial charge in [0.25, 0.3) is 0 Å². The van der Waals surface area contributed by atoms with Gasteiger partial charge in [-0.15, -0.1) is 10.2 Å². The maximum Gasteiger partial charge on any atom is 0.230 e. The average Bonchev–Trinajstić information content (AvgIpc) is 3.25. The molecule has 33 heavy (non-hydrogen) atoms. The number of aromatic nitrogens is 3. The fraction of sp³-hybridized carbons (Fsp3) is 0.348. The van der Waals surface area contributed by atoms with Gasteiger partial charge in [0.1, 0.15) is 18.5 Å². The number of hydrogen-bond acceptors (Lipinski definition) is 7. The van der Waals surface area contributed by atoms with Crippen LogP contribution in [0.3, 0.4) is 0 Å². The van der Waals surface area contributed by atoms with Crippen molar-refractivity contribution in [2.75, 3.05) is 33.0 Å². The molecule has 0 unspecified atom stereocenters. The lowest BCUT2D eigenvalue weighted by Crippen LogP contribution is -2.41. The SMILES string of the molecule is C[C@@H](c1nnc(SCC(=O)NC[C@@H]2COc3ccccc3O2)n1-c1ccc(F)cc1)N(C)C. The second-order valence-corrected chi connectivity index (χ2v) is 8.83. The van der Waals surface area contributed by atoms with E-state index in [2.05, 4.69) is 15.5 Å². The first-order valence-electron chi connectivity index (χ1n) is 10.6. The predicted octanol–water partition coefficient (Wildman–Crippen LogP) is 3.08. The summed E-state index contributed by atoms with van der Waals surface area (Å²) in [6.07, 6.45) is -0.260. The Bertz CT molecular complexity index is 1110. The summed E-state index contributed by atoms with van der Waals surface area (Å²) in [5.41, 5.74) is 0.736. The Hall–Kier alpha value is -3.11. The van der Waals surface area contributed by atoms with Crippen molar-refractivity contribution < 1.29 is 18.7 Å². The molecule has 8 nitrogen and oxygen atoms in total. The van der Waals surface area contributed by atoms with E-state index < -0.39 is 0 Å². The Morgan fingerprint density at radius 3 is 2.67 bits per heavy atom. The minimum atomic E-state index is -0.320. The van der Waals surface area contributed by atoms with E-state index in [-0.39, 0.29) is 29.6 Å². The van der Waals surface area contributed by atoms with E-state index in [0.29, 0.717) is 35.6 Å². The van der Waals surface area contributed by atoms with Gasteiger partial charge in [-0.3, -0.25) is 14.3 Å². The first-order valence-corrected chi connectivity index (χ1v) is 11.6. The zero-order valence-corrected chi connectivity index (χ0v) is 19.5. The molecular formula is C23H26FN5O3S. The highest BCUT2D eigenvalue weighted by molar-refractivity contribution is 7.99. The molecule has 4 rings (SSSR count). The highest BCUT2D eigenvalue weighted by Crippen LogP contribution is 2.31. The number of hydrogen-bond donors (Lipinski definition) is 1. The predicted molar refractivity (Wildman–Crippen MR) is 124 cm³/mol. The number of nitrogens with zero attached hydrogens (tertiary/aromatic N) is 4. The molecule has 0 aliphatic carbocycles. The maximum absolute atomic E-state index is 13.5. The highest BCUT2D eigenvalue weighted by atomic mass is 32.2. The second-order valence-electron chi connectivity index (χ2n) is 7.88. The molecule has 2 heterocycles. The summed E-state index contributed by atoms with van der Waals surface area (Å²) in [6.45, 7) is 2.71. The Balaban J connectivity index is 1.39. The Kier molecular flexibility index (Phi) is 7.14. The summed E-state index contributed by atoms with van der Waals surface area (Å²) < 4.78 is 26.9. The average molecular weight is 472 g/mol. The molecular weight excluding hydrogens is 445 g/mol. The fourth-order valence-electron chi connectivity index (χ4n) is 3.28. The van der Waals surface area contributed by atoms with Gasteiger partial charge >= 0.3 is 0 Å². The molecule has 2 aromatic carbocycles. The fourth-order valence-corrected chi connectivity index (χ4v) is 4.07. The van der Waals surface area contributed by atoms with Crippen LogP contribution in [0.1, 0.15) is 18.8 Å². The zero-order chi connectivity index (χ0) is 23.4. The van der Waals surface area contributed by atoms with Crippen molar-refractivity contribution >= 4 is 17.7 Å². The minimum Gasteiger partial charge on any atom is -0.486 e. The van der Waals surface area contributed by atoms with Gasteiger partial charge in [-0.2, -0.15) is 0 Å². The molecule has 3 aromatic rings. The summed E-state index contributed by atoms with van der Waals surface area (Å²) in [6, 6.07) is 13.6. The minimum absolute atomic E-state index is 0.0305. The van der Waals surface area contributed by atoms with E-state index in [1.807, 2.05) is 54.8 Å². The van der Waals surface area contributed by atoms with E-state index in [9.17, 15) is 9.18 Å². The van der Waals surface area contributed by atoms with E-state index in [0.717, 1.165) is 5.69 Å². The van der Waals surface area contributed by atoms with Gasteiger partial charge in [-0.25, -0.2) is 4.39 Å². The van der Waals surface area contributed by atoms with Crippen LogP contribution in [0.15, 0.2) is 53.7 Å². The molecule has 0 saturated heterocycles. The van der Waals surface area contributed by atoms with Crippen molar-refractivity contribution in [3.63, 3.8) is 0 Å². The van der Waals surface area contributed by atoms with Gasteiger partial charge in [0.2, 0.25) is 5.91 Å². The van der Waals surface area contributed by atoms with Gasteiger partial charge in [-0.05, 0) is 57.4 Å². The van der Waals surface area contributed by atoms with E-state index in [1.54, 1.807) is 12.1 Å². The number of fused-ring (bicyclic) bond motifs is 1. The third-order valence-corrected chi connectivity index (χ3v) is 6.25. The van der Waals surface area contributed by atoms with Crippen LogP contribution in [0.2, 0.25) is 0 Å². The molecule has 0 bridgehead atoms. The lowest BCUT2D eigenvalue weighted by Gasteiger charge is -2.26. The Morgan fingerprint density at radius 1 is 1.21 bits per heavy atom. The van der Waals surface area contributed by atoms with Crippen LogP contribution in [-0.2, 0) is 4.79 Å². The number of para-hydroxylation sites is 2. The molecule has 2 atom stereocenters. The quantitative estimate of drug-likeness (QED) is 0.506. The summed E-state index contributed by atoms with van der Waals surface area (Å²) in [7, 11) is 3.90. The summed E-state index contributed by atoms with van der Waals surface area (Å²) in [4.78, 5) is 14.5. The first-order chi connectivity index (χ1) is 15.9. The number of carbonyl (C=O) groups excluding carboxylic acids is 1. The van der Waals surface area contributed by atoms with Gasteiger partial charge < -0.3 is 14.8 Å². The van der Waals surface area contributed by atoms with Gasteiger partial charge in [-0.1, -0.05) is 23.9 Å². The number of benzene rings is 2. The first kappa shape index (κ1) is 23.1. The maximum atomic E-state index is 13.5. The lowest BCUT2D eigenvalue weighted by molar-refractivity contribution is -0.119. The van der Waals surface area contributed by atoms with Crippen LogP contribution >= 0.6 is 11.8 Å². The summed E-state index contributed by atoms with van der Waals surface area (Å²) in [5.74, 6) is 1.77. The standard InChI is InChI=1S/C23H26FN5O3S/c1-15(28(2)3)22-26-27-23(29(22)17-10-8-16(24)9-11-17)33-14-21(30)25-12-18-13-31-19-6-4-5-7-20(19)32-18/h4-11,15,18H,12-14H2,1-3H3,(H,25,30)/t15-,18+/m0/s1. The molecule has 1 amide bonds. The summed E-state index contributed by atoms with van der Waals surface area (Å²) in [5, 5.41) is 12.1. The monoisotopic (exact) mass is 471 g/mol. The number of rotatable bonds is 8. The second kappa shape index (κ2) is 10.2. The van der Waals surface area contributed by atoms with Crippen LogP contribution in [-0.4, -0.2) is 64.7 Å². The molecule has 1 aliphatic heterocycles.